The average molecular weight is 301 g/mol. The molecule has 1 aromatic carbocycles. The van der Waals surface area contributed by atoms with Crippen molar-refractivity contribution in [2.24, 2.45) is 0 Å². The molecule has 1 unspecified atom stereocenters. The summed E-state index contributed by atoms with van der Waals surface area (Å²) in [6.45, 7) is 8.76. The van der Waals surface area contributed by atoms with Gasteiger partial charge >= 0.3 is 0 Å². The van der Waals surface area contributed by atoms with Crippen LogP contribution in [0.3, 0.4) is 0 Å². The average Bonchev–Trinajstić information content (AvgIpc) is 3.09. The molecule has 1 saturated heterocycles. The molecule has 0 saturated carbocycles. The van der Waals surface area contributed by atoms with E-state index in [9.17, 15) is 0 Å². The Labute approximate surface area is 131 Å². The van der Waals surface area contributed by atoms with Crippen molar-refractivity contribution in [3.05, 3.63) is 39.8 Å². The van der Waals surface area contributed by atoms with Crippen molar-refractivity contribution >= 4 is 22.7 Å². The molecule has 2 aromatic rings. The molecule has 4 heteroatoms. The molecule has 3 nitrogen and oxygen atoms in total. The van der Waals surface area contributed by atoms with Crippen LogP contribution in [0.1, 0.15) is 41.4 Å². The van der Waals surface area contributed by atoms with Gasteiger partial charge in [-0.3, -0.25) is 0 Å². The molecular formula is C17H23N3S. The highest BCUT2D eigenvalue weighted by Crippen LogP contribution is 2.28. The van der Waals surface area contributed by atoms with Gasteiger partial charge in [0.2, 0.25) is 0 Å². The Balaban J connectivity index is 1.68. The lowest BCUT2D eigenvalue weighted by atomic mass is 10.2. The highest BCUT2D eigenvalue weighted by Gasteiger charge is 2.14. The van der Waals surface area contributed by atoms with Gasteiger partial charge in [-0.25, -0.2) is 4.98 Å². The van der Waals surface area contributed by atoms with E-state index in [4.69, 9.17) is 0 Å². The fourth-order valence-corrected chi connectivity index (χ4v) is 3.94. The second-order valence-corrected chi connectivity index (χ2v) is 7.02. The van der Waals surface area contributed by atoms with Crippen molar-refractivity contribution in [1.82, 2.24) is 4.98 Å². The maximum absolute atomic E-state index is 4.51. The van der Waals surface area contributed by atoms with E-state index in [-0.39, 0.29) is 0 Å². The minimum absolute atomic E-state index is 0.300. The molecule has 1 aliphatic rings. The van der Waals surface area contributed by atoms with Crippen LogP contribution >= 0.6 is 11.3 Å². The van der Waals surface area contributed by atoms with Gasteiger partial charge in [0.1, 0.15) is 0 Å². The number of hydrogen-bond acceptors (Lipinski definition) is 4. The summed E-state index contributed by atoms with van der Waals surface area (Å²) in [5.41, 5.74) is 3.66. The lowest BCUT2D eigenvalue weighted by Gasteiger charge is -2.19. The lowest BCUT2D eigenvalue weighted by molar-refractivity contribution is 0.889. The van der Waals surface area contributed by atoms with Crippen LogP contribution in [-0.2, 0) is 0 Å². The number of aryl methyl sites for hydroxylation is 2. The zero-order valence-corrected chi connectivity index (χ0v) is 13.8. The van der Waals surface area contributed by atoms with Crippen LogP contribution in [0.25, 0.3) is 0 Å². The van der Waals surface area contributed by atoms with E-state index in [0.29, 0.717) is 6.04 Å². The molecule has 1 aromatic heterocycles. The molecule has 0 spiro atoms. The lowest BCUT2D eigenvalue weighted by Crippen LogP contribution is -2.17. The summed E-state index contributed by atoms with van der Waals surface area (Å²) < 4.78 is 0. The Morgan fingerprint density at radius 3 is 2.38 bits per heavy atom. The first kappa shape index (κ1) is 14.4. The molecule has 1 fully saturated rings. The molecule has 0 bridgehead atoms. The highest BCUT2D eigenvalue weighted by atomic mass is 32.1. The van der Waals surface area contributed by atoms with Crippen LogP contribution in [0.5, 0.6) is 0 Å². The highest BCUT2D eigenvalue weighted by molar-refractivity contribution is 7.11. The molecular weight excluding hydrogens is 278 g/mol. The van der Waals surface area contributed by atoms with Gasteiger partial charge in [0.25, 0.3) is 0 Å². The quantitative estimate of drug-likeness (QED) is 0.899. The molecule has 1 atom stereocenters. The van der Waals surface area contributed by atoms with Crippen molar-refractivity contribution in [3.8, 4) is 0 Å². The predicted octanol–water partition coefficient (Wildman–Crippen LogP) is 4.53. The number of benzene rings is 1. The van der Waals surface area contributed by atoms with Gasteiger partial charge in [-0.15, -0.1) is 11.3 Å². The summed E-state index contributed by atoms with van der Waals surface area (Å²) in [6.07, 6.45) is 2.64. The van der Waals surface area contributed by atoms with Gasteiger partial charge in [-0.1, -0.05) is 0 Å². The van der Waals surface area contributed by atoms with Crippen LogP contribution in [0.15, 0.2) is 24.3 Å². The van der Waals surface area contributed by atoms with Crippen molar-refractivity contribution in [1.29, 1.82) is 0 Å². The monoisotopic (exact) mass is 301 g/mol. The van der Waals surface area contributed by atoms with Crippen LogP contribution in [0.2, 0.25) is 0 Å². The molecule has 0 amide bonds. The molecule has 112 valence electrons. The topological polar surface area (TPSA) is 28.2 Å². The van der Waals surface area contributed by atoms with Crippen molar-refractivity contribution in [2.45, 2.75) is 39.7 Å². The standard InChI is InChI=1S/C17H23N3S/c1-12-17(21-14(3)18-12)13(2)19-15-6-8-16(9-7-15)20-10-4-5-11-20/h6-9,13,19H,4-5,10-11H2,1-3H3. The SMILES string of the molecule is Cc1nc(C)c(C(C)Nc2ccc(N3CCCC3)cc2)s1. The van der Waals surface area contributed by atoms with Gasteiger partial charge in [0, 0.05) is 29.3 Å². The Hall–Kier alpha value is -1.55. The summed E-state index contributed by atoms with van der Waals surface area (Å²) in [5, 5.41) is 4.72. The minimum atomic E-state index is 0.300. The number of nitrogens with zero attached hydrogens (tertiary/aromatic N) is 2. The maximum atomic E-state index is 4.51. The number of thiazole rings is 1. The molecule has 2 heterocycles. The minimum Gasteiger partial charge on any atom is -0.378 e. The van der Waals surface area contributed by atoms with Gasteiger partial charge in [0.15, 0.2) is 0 Å². The summed E-state index contributed by atoms with van der Waals surface area (Å²) in [7, 11) is 0. The van der Waals surface area contributed by atoms with E-state index in [0.717, 1.165) is 10.7 Å². The van der Waals surface area contributed by atoms with Crippen molar-refractivity contribution in [2.75, 3.05) is 23.3 Å². The normalized spacial score (nSPS) is 16.2. The Bertz CT molecular complexity index is 597. The first-order valence-electron chi connectivity index (χ1n) is 7.69. The number of nitrogens with one attached hydrogen (secondary N) is 1. The number of hydrogen-bond donors (Lipinski definition) is 1. The molecule has 3 rings (SSSR count). The second kappa shape index (κ2) is 6.06. The zero-order valence-electron chi connectivity index (χ0n) is 13.0. The van der Waals surface area contributed by atoms with Gasteiger partial charge in [0.05, 0.1) is 16.7 Å². The Morgan fingerprint density at radius 1 is 1.14 bits per heavy atom. The van der Waals surface area contributed by atoms with E-state index < -0.39 is 0 Å². The third-order valence-electron chi connectivity index (χ3n) is 4.05. The van der Waals surface area contributed by atoms with Crippen LogP contribution in [-0.4, -0.2) is 18.1 Å². The smallest absolute Gasteiger partial charge is 0.0900 e. The third kappa shape index (κ3) is 3.21. The second-order valence-electron chi connectivity index (χ2n) is 5.79. The Kier molecular flexibility index (Phi) is 4.15. The van der Waals surface area contributed by atoms with E-state index in [1.165, 1.54) is 42.2 Å². The summed E-state index contributed by atoms with van der Waals surface area (Å²) in [5.74, 6) is 0. The molecule has 0 radical (unpaired) electrons. The summed E-state index contributed by atoms with van der Waals surface area (Å²) in [6, 6.07) is 9.13. The summed E-state index contributed by atoms with van der Waals surface area (Å²) in [4.78, 5) is 8.30. The van der Waals surface area contributed by atoms with Crippen LogP contribution in [0, 0.1) is 13.8 Å². The fraction of sp³-hybridized carbons (Fsp3) is 0.471. The van der Waals surface area contributed by atoms with E-state index in [1.54, 1.807) is 11.3 Å². The van der Waals surface area contributed by atoms with E-state index >= 15 is 0 Å². The molecule has 1 N–H and O–H groups in total. The van der Waals surface area contributed by atoms with Crippen LogP contribution < -0.4 is 10.2 Å². The van der Waals surface area contributed by atoms with Gasteiger partial charge in [-0.2, -0.15) is 0 Å². The molecule has 1 aliphatic heterocycles. The first-order chi connectivity index (χ1) is 10.1. The largest absolute Gasteiger partial charge is 0.378 e. The third-order valence-corrected chi connectivity index (χ3v) is 5.31. The molecule has 21 heavy (non-hydrogen) atoms. The van der Waals surface area contributed by atoms with Crippen LogP contribution in [0.4, 0.5) is 11.4 Å². The van der Waals surface area contributed by atoms with Crippen molar-refractivity contribution < 1.29 is 0 Å². The van der Waals surface area contributed by atoms with Gasteiger partial charge < -0.3 is 10.2 Å². The molecule has 0 aliphatic carbocycles. The number of anilines is 2. The summed E-state index contributed by atoms with van der Waals surface area (Å²) >= 11 is 1.78. The van der Waals surface area contributed by atoms with Crippen molar-refractivity contribution in [3.63, 3.8) is 0 Å². The first-order valence-corrected chi connectivity index (χ1v) is 8.50. The van der Waals surface area contributed by atoms with E-state index in [1.807, 2.05) is 0 Å². The van der Waals surface area contributed by atoms with Gasteiger partial charge in [-0.05, 0) is 57.9 Å². The Morgan fingerprint density at radius 2 is 1.81 bits per heavy atom. The zero-order chi connectivity index (χ0) is 14.8. The predicted molar refractivity (Wildman–Crippen MR) is 91.5 cm³/mol. The number of rotatable bonds is 4. The fourth-order valence-electron chi connectivity index (χ4n) is 3.01. The maximum Gasteiger partial charge on any atom is 0.0900 e. The van der Waals surface area contributed by atoms with E-state index in [2.05, 4.69) is 60.2 Å². The number of aromatic nitrogens is 1.